The lowest BCUT2D eigenvalue weighted by Crippen LogP contribution is -2.53. The molecule has 19 heavy (non-hydrogen) atoms. The zero-order chi connectivity index (χ0) is 14.4. The van der Waals surface area contributed by atoms with E-state index in [1.807, 2.05) is 13.8 Å². The molecule has 1 aliphatic rings. The van der Waals surface area contributed by atoms with E-state index >= 15 is 0 Å². The summed E-state index contributed by atoms with van der Waals surface area (Å²) in [7, 11) is 0. The van der Waals surface area contributed by atoms with E-state index in [4.69, 9.17) is 10.2 Å². The molecule has 1 rings (SSSR count). The van der Waals surface area contributed by atoms with Gasteiger partial charge in [0.1, 0.15) is 0 Å². The highest BCUT2D eigenvalue weighted by Crippen LogP contribution is 2.26. The first-order valence-electron chi connectivity index (χ1n) is 6.87. The lowest BCUT2D eigenvalue weighted by Gasteiger charge is -2.41. The highest BCUT2D eigenvalue weighted by Gasteiger charge is 2.32. The van der Waals surface area contributed by atoms with Gasteiger partial charge in [-0.1, -0.05) is 0 Å². The zero-order valence-corrected chi connectivity index (χ0v) is 11.7. The van der Waals surface area contributed by atoms with E-state index in [1.165, 1.54) is 0 Å². The van der Waals surface area contributed by atoms with Gasteiger partial charge in [0, 0.05) is 25.2 Å². The monoisotopic (exact) mass is 272 g/mol. The Morgan fingerprint density at radius 3 is 2.26 bits per heavy atom. The molecule has 0 aromatic carbocycles. The molecule has 0 radical (unpaired) electrons. The van der Waals surface area contributed by atoms with Crippen molar-refractivity contribution in [1.82, 2.24) is 9.80 Å². The molecule has 1 saturated carbocycles. The molecule has 6 nitrogen and oxygen atoms in total. The van der Waals surface area contributed by atoms with E-state index in [9.17, 15) is 9.59 Å². The van der Waals surface area contributed by atoms with Crippen molar-refractivity contribution in [3.63, 3.8) is 0 Å². The molecular formula is C13H24N2O4. The Hall–Kier alpha value is -1.30. The Morgan fingerprint density at radius 1 is 1.26 bits per heavy atom. The summed E-state index contributed by atoms with van der Waals surface area (Å²) in [6.07, 6.45) is 2.99. The summed E-state index contributed by atoms with van der Waals surface area (Å²) in [6.45, 7) is 4.21. The van der Waals surface area contributed by atoms with Gasteiger partial charge in [-0.25, -0.2) is 4.79 Å². The molecule has 0 bridgehead atoms. The van der Waals surface area contributed by atoms with Crippen LogP contribution < -0.4 is 0 Å². The minimum Gasteiger partial charge on any atom is -0.481 e. The fourth-order valence-corrected chi connectivity index (χ4v) is 2.20. The summed E-state index contributed by atoms with van der Waals surface area (Å²) in [4.78, 5) is 26.4. The average molecular weight is 272 g/mol. The highest BCUT2D eigenvalue weighted by molar-refractivity contribution is 5.76. The second-order valence-electron chi connectivity index (χ2n) is 5.22. The average Bonchev–Trinajstić information content (AvgIpc) is 2.25. The molecule has 110 valence electrons. The summed E-state index contributed by atoms with van der Waals surface area (Å²) in [5.41, 5.74) is 0. The number of aliphatic hydroxyl groups is 1. The molecule has 0 saturated heterocycles. The van der Waals surface area contributed by atoms with Crippen LogP contribution in [0.2, 0.25) is 0 Å². The largest absolute Gasteiger partial charge is 0.481 e. The van der Waals surface area contributed by atoms with E-state index in [-0.39, 0.29) is 37.7 Å². The van der Waals surface area contributed by atoms with Crippen molar-refractivity contribution in [2.24, 2.45) is 0 Å². The number of rotatable bonds is 7. The van der Waals surface area contributed by atoms with Crippen molar-refractivity contribution in [2.45, 2.75) is 51.6 Å². The van der Waals surface area contributed by atoms with E-state index < -0.39 is 5.97 Å². The quantitative estimate of drug-likeness (QED) is 0.728. The van der Waals surface area contributed by atoms with Crippen LogP contribution in [0.4, 0.5) is 4.79 Å². The number of amides is 2. The SMILES string of the molecule is CC(C)N(CCC(=O)O)C(=O)N(CCO)C1CCC1. The lowest BCUT2D eigenvalue weighted by molar-refractivity contribution is -0.137. The molecule has 0 atom stereocenters. The molecular weight excluding hydrogens is 248 g/mol. The standard InChI is InChI=1S/C13H24N2O4/c1-10(2)14(7-6-12(17)18)13(19)15(8-9-16)11-4-3-5-11/h10-11,16H,3-9H2,1-2H3,(H,17,18). The van der Waals surface area contributed by atoms with Crippen molar-refractivity contribution >= 4 is 12.0 Å². The topological polar surface area (TPSA) is 81.1 Å². The fraction of sp³-hybridized carbons (Fsp3) is 0.846. The normalized spacial score (nSPS) is 15.2. The van der Waals surface area contributed by atoms with Gasteiger partial charge in [-0.05, 0) is 33.1 Å². The summed E-state index contributed by atoms with van der Waals surface area (Å²) >= 11 is 0. The third kappa shape index (κ3) is 4.38. The Bertz CT molecular complexity index is 316. The summed E-state index contributed by atoms with van der Waals surface area (Å²) in [5, 5.41) is 17.8. The number of carboxylic acids is 1. The Balaban J connectivity index is 2.68. The zero-order valence-electron chi connectivity index (χ0n) is 11.7. The molecule has 6 heteroatoms. The second-order valence-corrected chi connectivity index (χ2v) is 5.22. The molecule has 0 unspecified atom stereocenters. The first-order chi connectivity index (χ1) is 8.97. The number of aliphatic hydroxyl groups excluding tert-OH is 1. The van der Waals surface area contributed by atoms with Gasteiger partial charge in [0.05, 0.1) is 13.0 Å². The van der Waals surface area contributed by atoms with Crippen molar-refractivity contribution in [3.8, 4) is 0 Å². The molecule has 0 aliphatic heterocycles. The second kappa shape index (κ2) is 7.33. The number of carboxylic acid groups (broad SMARTS) is 1. The minimum absolute atomic E-state index is 0.0480. The van der Waals surface area contributed by atoms with Crippen molar-refractivity contribution in [3.05, 3.63) is 0 Å². The van der Waals surface area contributed by atoms with E-state index in [1.54, 1.807) is 9.80 Å². The van der Waals surface area contributed by atoms with Crippen LogP contribution in [0.3, 0.4) is 0 Å². The Morgan fingerprint density at radius 2 is 1.89 bits per heavy atom. The number of carbonyl (C=O) groups is 2. The van der Waals surface area contributed by atoms with Gasteiger partial charge >= 0.3 is 12.0 Å². The maximum absolute atomic E-state index is 12.5. The fourth-order valence-electron chi connectivity index (χ4n) is 2.20. The van der Waals surface area contributed by atoms with Crippen LogP contribution in [-0.2, 0) is 4.79 Å². The van der Waals surface area contributed by atoms with E-state index in [2.05, 4.69) is 0 Å². The summed E-state index contributed by atoms with van der Waals surface area (Å²) in [6, 6.07) is -0.00570. The molecule has 1 fully saturated rings. The van der Waals surface area contributed by atoms with Crippen LogP contribution in [0.5, 0.6) is 0 Å². The molecule has 0 spiro atoms. The smallest absolute Gasteiger partial charge is 0.320 e. The molecule has 2 amide bonds. The Labute approximate surface area is 114 Å². The first-order valence-corrected chi connectivity index (χ1v) is 6.87. The maximum Gasteiger partial charge on any atom is 0.320 e. The number of carbonyl (C=O) groups excluding carboxylic acids is 1. The van der Waals surface area contributed by atoms with Crippen LogP contribution in [0, 0.1) is 0 Å². The van der Waals surface area contributed by atoms with Gasteiger partial charge < -0.3 is 20.0 Å². The van der Waals surface area contributed by atoms with Crippen molar-refractivity contribution in [2.75, 3.05) is 19.7 Å². The summed E-state index contributed by atoms with van der Waals surface area (Å²) in [5.74, 6) is -0.907. The number of aliphatic carboxylic acids is 1. The van der Waals surface area contributed by atoms with E-state index in [0.29, 0.717) is 6.54 Å². The van der Waals surface area contributed by atoms with Crippen molar-refractivity contribution < 1.29 is 19.8 Å². The van der Waals surface area contributed by atoms with Crippen LogP contribution in [0.1, 0.15) is 39.5 Å². The molecule has 2 N–H and O–H groups in total. The van der Waals surface area contributed by atoms with Crippen molar-refractivity contribution in [1.29, 1.82) is 0 Å². The minimum atomic E-state index is -0.907. The third-order valence-corrected chi connectivity index (χ3v) is 3.54. The lowest BCUT2D eigenvalue weighted by atomic mass is 9.91. The van der Waals surface area contributed by atoms with Gasteiger partial charge in [0.2, 0.25) is 0 Å². The molecule has 1 aliphatic carbocycles. The van der Waals surface area contributed by atoms with Gasteiger partial charge in [-0.2, -0.15) is 0 Å². The van der Waals surface area contributed by atoms with Gasteiger partial charge in [0.25, 0.3) is 0 Å². The van der Waals surface area contributed by atoms with E-state index in [0.717, 1.165) is 19.3 Å². The molecule has 0 aromatic heterocycles. The van der Waals surface area contributed by atoms with Gasteiger partial charge in [-0.15, -0.1) is 0 Å². The number of hydrogen-bond donors (Lipinski definition) is 2. The van der Waals surface area contributed by atoms with Crippen LogP contribution in [-0.4, -0.2) is 63.8 Å². The molecule has 0 heterocycles. The predicted octanol–water partition coefficient (Wildman–Crippen LogP) is 1.14. The van der Waals surface area contributed by atoms with Gasteiger partial charge in [0.15, 0.2) is 0 Å². The number of nitrogens with zero attached hydrogens (tertiary/aromatic N) is 2. The number of hydrogen-bond acceptors (Lipinski definition) is 3. The third-order valence-electron chi connectivity index (χ3n) is 3.54. The number of urea groups is 1. The summed E-state index contributed by atoms with van der Waals surface area (Å²) < 4.78 is 0. The predicted molar refractivity (Wildman–Crippen MR) is 70.9 cm³/mol. The Kier molecular flexibility index (Phi) is 6.08. The van der Waals surface area contributed by atoms with Crippen LogP contribution >= 0.6 is 0 Å². The highest BCUT2D eigenvalue weighted by atomic mass is 16.4. The van der Waals surface area contributed by atoms with Gasteiger partial charge in [-0.3, -0.25) is 4.79 Å². The maximum atomic E-state index is 12.5. The van der Waals surface area contributed by atoms with Crippen LogP contribution in [0.15, 0.2) is 0 Å². The van der Waals surface area contributed by atoms with Crippen LogP contribution in [0.25, 0.3) is 0 Å². The molecule has 0 aromatic rings. The first kappa shape index (κ1) is 15.8.